The lowest BCUT2D eigenvalue weighted by molar-refractivity contribution is -0.144. The first-order chi connectivity index (χ1) is 7.05. The van der Waals surface area contributed by atoms with Crippen LogP contribution in [0.5, 0.6) is 0 Å². The number of amides is 1. The molecule has 0 bridgehead atoms. The van der Waals surface area contributed by atoms with Gasteiger partial charge in [-0.05, 0) is 25.2 Å². The Morgan fingerprint density at radius 2 is 1.56 bits per heavy atom. The maximum Gasteiger partial charge on any atom is 0.228 e. The topological polar surface area (TPSA) is 20.3 Å². The normalized spacial score (nSPS) is 19.4. The summed E-state index contributed by atoms with van der Waals surface area (Å²) in [6.07, 6.45) is 2.37. The quantitative estimate of drug-likeness (QED) is 0.705. The van der Waals surface area contributed by atoms with Crippen LogP contribution in [0.25, 0.3) is 0 Å². The van der Waals surface area contributed by atoms with E-state index in [0.29, 0.717) is 18.0 Å². The molecule has 2 nitrogen and oxygen atoms in total. The van der Waals surface area contributed by atoms with E-state index in [1.807, 2.05) is 20.8 Å². The van der Waals surface area contributed by atoms with Crippen LogP contribution in [-0.4, -0.2) is 22.9 Å². The minimum Gasteiger partial charge on any atom is -0.336 e. The Morgan fingerprint density at radius 3 is 1.81 bits per heavy atom. The Hall–Kier alpha value is -0.530. The van der Waals surface area contributed by atoms with Crippen LogP contribution in [0.4, 0.5) is 0 Å². The Bertz CT molecular complexity index is 265. The van der Waals surface area contributed by atoms with E-state index in [1.165, 1.54) is 12.8 Å². The van der Waals surface area contributed by atoms with Crippen molar-refractivity contribution in [1.29, 1.82) is 0 Å². The fourth-order valence-corrected chi connectivity index (χ4v) is 1.82. The van der Waals surface area contributed by atoms with Crippen LogP contribution in [0.2, 0.25) is 0 Å². The van der Waals surface area contributed by atoms with E-state index >= 15 is 0 Å². The van der Waals surface area contributed by atoms with Crippen LogP contribution in [0, 0.1) is 10.8 Å². The molecular weight excluding hydrogens is 198 g/mol. The van der Waals surface area contributed by atoms with Gasteiger partial charge in [-0.2, -0.15) is 0 Å². The summed E-state index contributed by atoms with van der Waals surface area (Å²) in [7, 11) is 0. The van der Waals surface area contributed by atoms with Crippen molar-refractivity contribution in [2.45, 2.75) is 73.4 Å². The van der Waals surface area contributed by atoms with Gasteiger partial charge in [-0.25, -0.2) is 0 Å². The maximum absolute atomic E-state index is 12.5. The summed E-state index contributed by atoms with van der Waals surface area (Å²) >= 11 is 0. The van der Waals surface area contributed by atoms with Crippen molar-refractivity contribution in [1.82, 2.24) is 4.90 Å². The van der Waals surface area contributed by atoms with Crippen molar-refractivity contribution in [3.05, 3.63) is 0 Å². The summed E-state index contributed by atoms with van der Waals surface area (Å²) in [6, 6.07) is 0.813. The zero-order valence-electron chi connectivity index (χ0n) is 11.9. The van der Waals surface area contributed by atoms with E-state index in [2.05, 4.69) is 32.6 Å². The van der Waals surface area contributed by atoms with E-state index < -0.39 is 0 Å². The monoisotopic (exact) mass is 225 g/mol. The molecule has 1 rings (SSSR count). The molecule has 0 aliphatic heterocycles. The largest absolute Gasteiger partial charge is 0.336 e. The Morgan fingerprint density at radius 1 is 1.12 bits per heavy atom. The first-order valence-corrected chi connectivity index (χ1v) is 6.38. The molecule has 0 spiro atoms. The van der Waals surface area contributed by atoms with Crippen LogP contribution in [-0.2, 0) is 4.79 Å². The van der Waals surface area contributed by atoms with Crippen molar-refractivity contribution >= 4 is 5.91 Å². The van der Waals surface area contributed by atoms with E-state index in [0.717, 1.165) is 0 Å². The summed E-state index contributed by atoms with van der Waals surface area (Å²) in [4.78, 5) is 14.6. The van der Waals surface area contributed by atoms with Gasteiger partial charge < -0.3 is 4.90 Å². The molecule has 0 heterocycles. The van der Waals surface area contributed by atoms with E-state index in [1.54, 1.807) is 0 Å². The van der Waals surface area contributed by atoms with Crippen molar-refractivity contribution in [2.24, 2.45) is 10.8 Å². The molecule has 0 unspecified atom stereocenters. The van der Waals surface area contributed by atoms with Gasteiger partial charge in [0.15, 0.2) is 0 Å². The van der Waals surface area contributed by atoms with Gasteiger partial charge >= 0.3 is 0 Å². The molecule has 1 aliphatic carbocycles. The van der Waals surface area contributed by atoms with Gasteiger partial charge in [0.25, 0.3) is 0 Å². The second-order valence-electron chi connectivity index (χ2n) is 7.24. The molecule has 1 fully saturated rings. The molecular formula is C14H27NO. The van der Waals surface area contributed by atoms with Gasteiger partial charge in [0, 0.05) is 17.5 Å². The first-order valence-electron chi connectivity index (χ1n) is 6.38. The van der Waals surface area contributed by atoms with E-state index in [9.17, 15) is 4.79 Å². The number of rotatable bonds is 2. The van der Waals surface area contributed by atoms with Gasteiger partial charge in [0.1, 0.15) is 0 Å². The Balaban J connectivity index is 2.88. The first kappa shape index (κ1) is 13.5. The molecule has 2 heteroatoms. The van der Waals surface area contributed by atoms with Crippen LogP contribution >= 0.6 is 0 Å². The van der Waals surface area contributed by atoms with Crippen molar-refractivity contribution in [2.75, 3.05) is 0 Å². The van der Waals surface area contributed by atoms with Gasteiger partial charge in [0.05, 0.1) is 0 Å². The lowest BCUT2D eigenvalue weighted by Crippen LogP contribution is -2.50. The van der Waals surface area contributed by atoms with Crippen LogP contribution < -0.4 is 0 Å². The standard InChI is InChI=1S/C14H27NO/c1-10(13(2,3)4)15(11-8-9-11)12(16)14(5,6)7/h10-11H,8-9H2,1-7H3/t10-/m1/s1. The molecule has 1 saturated carbocycles. The molecule has 16 heavy (non-hydrogen) atoms. The number of carbonyl (C=O) groups is 1. The summed E-state index contributed by atoms with van der Waals surface area (Å²) < 4.78 is 0. The number of carbonyl (C=O) groups excluding carboxylic acids is 1. The molecule has 0 aromatic rings. The number of hydrogen-bond acceptors (Lipinski definition) is 1. The van der Waals surface area contributed by atoms with Gasteiger partial charge in [-0.15, -0.1) is 0 Å². The number of nitrogens with zero attached hydrogens (tertiary/aromatic N) is 1. The average Bonchev–Trinajstić information content (AvgIpc) is 2.84. The predicted molar refractivity (Wildman–Crippen MR) is 68.2 cm³/mol. The van der Waals surface area contributed by atoms with E-state index in [4.69, 9.17) is 0 Å². The molecule has 1 aliphatic rings. The summed E-state index contributed by atoms with van der Waals surface area (Å²) in [6.45, 7) is 14.9. The lowest BCUT2D eigenvalue weighted by Gasteiger charge is -2.41. The summed E-state index contributed by atoms with van der Waals surface area (Å²) in [5.74, 6) is 0.303. The smallest absolute Gasteiger partial charge is 0.228 e. The van der Waals surface area contributed by atoms with Gasteiger partial charge in [0.2, 0.25) is 5.91 Å². The Labute approximate surface area is 100 Å². The second-order valence-corrected chi connectivity index (χ2v) is 7.24. The minimum atomic E-state index is -0.262. The zero-order chi connectivity index (χ0) is 12.7. The third-order valence-corrected chi connectivity index (χ3v) is 3.49. The van der Waals surface area contributed by atoms with Crippen LogP contribution in [0.3, 0.4) is 0 Å². The summed E-state index contributed by atoms with van der Waals surface area (Å²) in [5.41, 5.74) is -0.106. The lowest BCUT2D eigenvalue weighted by atomic mass is 9.84. The predicted octanol–water partition coefficient (Wildman–Crippen LogP) is 3.46. The highest BCUT2D eigenvalue weighted by molar-refractivity contribution is 5.82. The SMILES string of the molecule is C[C@@H](N(C(=O)C(C)(C)C)C1CC1)C(C)(C)C. The third-order valence-electron chi connectivity index (χ3n) is 3.49. The van der Waals surface area contributed by atoms with Crippen molar-refractivity contribution in [3.63, 3.8) is 0 Å². The third kappa shape index (κ3) is 2.99. The van der Waals surface area contributed by atoms with Crippen molar-refractivity contribution in [3.8, 4) is 0 Å². The zero-order valence-corrected chi connectivity index (χ0v) is 11.9. The van der Waals surface area contributed by atoms with Crippen molar-refractivity contribution < 1.29 is 4.79 Å². The molecule has 1 amide bonds. The van der Waals surface area contributed by atoms with Crippen LogP contribution in [0.15, 0.2) is 0 Å². The number of hydrogen-bond donors (Lipinski definition) is 0. The summed E-state index contributed by atoms with van der Waals surface area (Å²) in [5, 5.41) is 0. The van der Waals surface area contributed by atoms with E-state index in [-0.39, 0.29) is 10.8 Å². The average molecular weight is 225 g/mol. The highest BCUT2D eigenvalue weighted by Crippen LogP contribution is 2.37. The maximum atomic E-state index is 12.5. The molecule has 1 atom stereocenters. The molecule has 0 saturated heterocycles. The fraction of sp³-hybridized carbons (Fsp3) is 0.929. The Kier molecular flexibility index (Phi) is 3.42. The molecule has 0 radical (unpaired) electrons. The minimum absolute atomic E-state index is 0.156. The highest BCUT2D eigenvalue weighted by Gasteiger charge is 2.42. The van der Waals surface area contributed by atoms with Gasteiger partial charge in [-0.1, -0.05) is 41.5 Å². The van der Waals surface area contributed by atoms with Gasteiger partial charge in [-0.3, -0.25) is 4.79 Å². The molecule has 0 aromatic heterocycles. The molecule has 0 aromatic carbocycles. The fourth-order valence-electron chi connectivity index (χ4n) is 1.82. The molecule has 94 valence electrons. The molecule has 0 N–H and O–H groups in total. The highest BCUT2D eigenvalue weighted by atomic mass is 16.2. The van der Waals surface area contributed by atoms with Crippen LogP contribution in [0.1, 0.15) is 61.3 Å². The second kappa shape index (κ2) is 4.05.